The van der Waals surface area contributed by atoms with E-state index in [4.69, 9.17) is 0 Å². The first-order chi connectivity index (χ1) is 9.24. The monoisotopic (exact) mass is 264 g/mol. The molecule has 0 amide bonds. The molecule has 4 rings (SSSR count). The van der Waals surface area contributed by atoms with Crippen LogP contribution < -0.4 is 0 Å². The molecule has 4 bridgehead atoms. The van der Waals surface area contributed by atoms with E-state index in [2.05, 4.69) is 6.92 Å². The number of rotatable bonds is 4. The van der Waals surface area contributed by atoms with Crippen LogP contribution in [0.1, 0.15) is 45.4 Å². The van der Waals surface area contributed by atoms with E-state index in [1.807, 2.05) is 0 Å². The van der Waals surface area contributed by atoms with Gasteiger partial charge in [-0.3, -0.25) is 0 Å². The Morgan fingerprint density at radius 1 is 1.05 bits per heavy atom. The predicted molar refractivity (Wildman–Crippen MR) is 74.4 cm³/mol. The van der Waals surface area contributed by atoms with Crippen molar-refractivity contribution in [2.75, 3.05) is 13.2 Å². The zero-order chi connectivity index (χ0) is 13.2. The maximum atomic E-state index is 9.93. The van der Waals surface area contributed by atoms with Crippen molar-refractivity contribution in [1.82, 2.24) is 0 Å². The zero-order valence-electron chi connectivity index (χ0n) is 12.1. The molecule has 0 saturated heterocycles. The third-order valence-corrected chi connectivity index (χ3v) is 7.81. The van der Waals surface area contributed by atoms with Gasteiger partial charge >= 0.3 is 0 Å². The molecule has 108 valence electrons. The predicted octanol–water partition coefficient (Wildman–Crippen LogP) is 2.69. The van der Waals surface area contributed by atoms with Gasteiger partial charge in [0, 0.05) is 13.2 Å². The van der Waals surface area contributed by atoms with Crippen molar-refractivity contribution in [2.24, 2.45) is 46.8 Å². The van der Waals surface area contributed by atoms with Crippen LogP contribution in [0.5, 0.6) is 0 Å². The first kappa shape index (κ1) is 12.6. The Morgan fingerprint density at radius 3 is 2.58 bits per heavy atom. The van der Waals surface area contributed by atoms with Gasteiger partial charge in [-0.05, 0) is 85.4 Å². The van der Waals surface area contributed by atoms with Gasteiger partial charge in [-0.25, -0.2) is 0 Å². The summed E-state index contributed by atoms with van der Waals surface area (Å²) in [6, 6.07) is 0. The van der Waals surface area contributed by atoms with Crippen LogP contribution in [0, 0.1) is 46.8 Å². The van der Waals surface area contributed by atoms with Gasteiger partial charge in [0.05, 0.1) is 0 Å². The van der Waals surface area contributed by atoms with Gasteiger partial charge in [-0.2, -0.15) is 0 Å². The van der Waals surface area contributed by atoms with Crippen molar-refractivity contribution in [2.45, 2.75) is 45.4 Å². The van der Waals surface area contributed by atoms with Crippen LogP contribution in [0.3, 0.4) is 0 Å². The fourth-order valence-corrected chi connectivity index (χ4v) is 7.24. The Labute approximate surface area is 116 Å². The summed E-state index contributed by atoms with van der Waals surface area (Å²) >= 11 is 0. The summed E-state index contributed by atoms with van der Waals surface area (Å²) < 4.78 is 0. The molecular formula is C17H28O2. The normalized spacial score (nSPS) is 57.9. The van der Waals surface area contributed by atoms with Gasteiger partial charge in [-0.1, -0.05) is 6.92 Å². The number of hydrogen-bond acceptors (Lipinski definition) is 2. The Bertz CT molecular complexity index is 360. The lowest BCUT2D eigenvalue weighted by Gasteiger charge is -2.47. The summed E-state index contributed by atoms with van der Waals surface area (Å²) in [5.41, 5.74) is 0.281. The molecule has 0 aromatic heterocycles. The standard InChI is InChI=1S/C17H28O2/c1-2-17(9-19)8-12-7-14(17)16-11-5-10(3-4-18)13(6-11)15(12)16/h10-16,18-19H,2-9H2,1H3. The number of aliphatic hydroxyl groups is 2. The average molecular weight is 264 g/mol. The van der Waals surface area contributed by atoms with Gasteiger partial charge in [0.1, 0.15) is 0 Å². The summed E-state index contributed by atoms with van der Waals surface area (Å²) in [6.45, 7) is 3.09. The Kier molecular flexibility index (Phi) is 2.80. The van der Waals surface area contributed by atoms with Gasteiger partial charge in [-0.15, -0.1) is 0 Å². The molecule has 2 N–H and O–H groups in total. The second kappa shape index (κ2) is 4.21. The van der Waals surface area contributed by atoms with Crippen LogP contribution in [0.2, 0.25) is 0 Å². The van der Waals surface area contributed by atoms with Crippen molar-refractivity contribution in [3.8, 4) is 0 Å². The SMILES string of the molecule is CCC1(CO)CC2CC1C1C3CC(CCO)C(C3)C21. The van der Waals surface area contributed by atoms with Crippen molar-refractivity contribution < 1.29 is 10.2 Å². The van der Waals surface area contributed by atoms with Gasteiger partial charge in [0.25, 0.3) is 0 Å². The molecule has 2 heteroatoms. The maximum absolute atomic E-state index is 9.93. The fourth-order valence-electron chi connectivity index (χ4n) is 7.24. The van der Waals surface area contributed by atoms with E-state index < -0.39 is 0 Å². The van der Waals surface area contributed by atoms with Crippen molar-refractivity contribution in [1.29, 1.82) is 0 Å². The molecule has 0 spiro atoms. The topological polar surface area (TPSA) is 40.5 Å². The highest BCUT2D eigenvalue weighted by Gasteiger charge is 2.67. The summed E-state index contributed by atoms with van der Waals surface area (Å²) in [4.78, 5) is 0. The van der Waals surface area contributed by atoms with Crippen molar-refractivity contribution in [3.05, 3.63) is 0 Å². The van der Waals surface area contributed by atoms with Crippen LogP contribution >= 0.6 is 0 Å². The minimum absolute atomic E-state index is 0.281. The molecule has 0 aromatic rings. The van der Waals surface area contributed by atoms with E-state index in [0.717, 1.165) is 47.8 Å². The van der Waals surface area contributed by atoms with E-state index in [9.17, 15) is 10.2 Å². The van der Waals surface area contributed by atoms with Gasteiger partial charge < -0.3 is 10.2 Å². The quantitative estimate of drug-likeness (QED) is 0.766. The Hall–Kier alpha value is -0.0800. The molecule has 4 fully saturated rings. The van der Waals surface area contributed by atoms with Gasteiger partial charge in [0.2, 0.25) is 0 Å². The number of aliphatic hydroxyl groups excluding tert-OH is 2. The summed E-state index contributed by atoms with van der Waals surface area (Å²) in [7, 11) is 0. The number of hydrogen-bond donors (Lipinski definition) is 2. The largest absolute Gasteiger partial charge is 0.396 e. The third kappa shape index (κ3) is 1.45. The highest BCUT2D eigenvalue weighted by molar-refractivity contribution is 5.15. The molecule has 4 saturated carbocycles. The molecule has 19 heavy (non-hydrogen) atoms. The van der Waals surface area contributed by atoms with E-state index in [0.29, 0.717) is 13.2 Å². The minimum atomic E-state index is 0.281. The highest BCUT2D eigenvalue weighted by Crippen LogP contribution is 2.73. The summed E-state index contributed by atoms with van der Waals surface area (Å²) in [6.07, 6.45) is 7.73. The second-order valence-corrected chi connectivity index (χ2v) is 8.00. The van der Waals surface area contributed by atoms with Crippen LogP contribution in [0.4, 0.5) is 0 Å². The highest BCUT2D eigenvalue weighted by atomic mass is 16.3. The molecule has 4 aliphatic rings. The van der Waals surface area contributed by atoms with E-state index in [-0.39, 0.29) is 5.41 Å². The third-order valence-electron chi connectivity index (χ3n) is 7.81. The van der Waals surface area contributed by atoms with Crippen LogP contribution in [-0.4, -0.2) is 23.4 Å². The molecule has 8 unspecified atom stereocenters. The van der Waals surface area contributed by atoms with Crippen LogP contribution in [0.25, 0.3) is 0 Å². The van der Waals surface area contributed by atoms with Crippen molar-refractivity contribution >= 4 is 0 Å². The first-order valence-corrected chi connectivity index (χ1v) is 8.45. The first-order valence-electron chi connectivity index (χ1n) is 8.45. The van der Waals surface area contributed by atoms with E-state index >= 15 is 0 Å². The smallest absolute Gasteiger partial charge is 0.0490 e. The Balaban J connectivity index is 1.59. The van der Waals surface area contributed by atoms with Crippen molar-refractivity contribution in [3.63, 3.8) is 0 Å². The molecule has 0 heterocycles. The lowest BCUT2D eigenvalue weighted by atomic mass is 9.58. The second-order valence-electron chi connectivity index (χ2n) is 8.00. The minimum Gasteiger partial charge on any atom is -0.396 e. The maximum Gasteiger partial charge on any atom is 0.0490 e. The Morgan fingerprint density at radius 2 is 1.89 bits per heavy atom. The average Bonchev–Trinajstić information content (AvgIpc) is 3.15. The molecular weight excluding hydrogens is 236 g/mol. The molecule has 0 aliphatic heterocycles. The number of fused-ring (bicyclic) bond motifs is 9. The fraction of sp³-hybridized carbons (Fsp3) is 1.00. The molecule has 2 nitrogen and oxygen atoms in total. The summed E-state index contributed by atoms with van der Waals surface area (Å²) in [5, 5.41) is 19.2. The van der Waals surface area contributed by atoms with E-state index in [1.165, 1.54) is 32.1 Å². The molecule has 0 radical (unpaired) electrons. The van der Waals surface area contributed by atoms with Crippen LogP contribution in [0.15, 0.2) is 0 Å². The van der Waals surface area contributed by atoms with Gasteiger partial charge in [0.15, 0.2) is 0 Å². The molecule has 4 aliphatic carbocycles. The lowest BCUT2D eigenvalue weighted by molar-refractivity contribution is -0.0220. The van der Waals surface area contributed by atoms with E-state index in [1.54, 1.807) is 0 Å². The zero-order valence-corrected chi connectivity index (χ0v) is 12.1. The summed E-state index contributed by atoms with van der Waals surface area (Å²) in [5.74, 6) is 6.30. The molecule has 8 atom stereocenters. The van der Waals surface area contributed by atoms with Crippen LogP contribution in [-0.2, 0) is 0 Å². The molecule has 0 aromatic carbocycles. The lowest BCUT2D eigenvalue weighted by Crippen LogP contribution is -2.43.